The van der Waals surface area contributed by atoms with Gasteiger partial charge in [0.15, 0.2) is 5.88 Å². The zero-order chi connectivity index (χ0) is 28.3. The van der Waals surface area contributed by atoms with Gasteiger partial charge in [-0.3, -0.25) is 15.0 Å². The van der Waals surface area contributed by atoms with E-state index in [-0.39, 0.29) is 11.6 Å². The molecule has 3 N–H and O–H groups in total. The van der Waals surface area contributed by atoms with Gasteiger partial charge >= 0.3 is 0 Å². The van der Waals surface area contributed by atoms with Crippen molar-refractivity contribution < 1.29 is 10.0 Å². The van der Waals surface area contributed by atoms with Gasteiger partial charge in [0, 0.05) is 41.6 Å². The molecule has 41 heavy (non-hydrogen) atoms. The van der Waals surface area contributed by atoms with Crippen molar-refractivity contribution in [1.82, 2.24) is 19.9 Å². The van der Waals surface area contributed by atoms with Gasteiger partial charge in [-0.2, -0.15) is 0 Å². The molecule has 1 saturated heterocycles. The summed E-state index contributed by atoms with van der Waals surface area (Å²) in [5, 5.41) is 23.1. The first-order valence-electron chi connectivity index (χ1n) is 14.0. The van der Waals surface area contributed by atoms with Crippen LogP contribution in [0.25, 0.3) is 22.2 Å². The van der Waals surface area contributed by atoms with Crippen molar-refractivity contribution in [2.75, 3.05) is 13.1 Å². The Hall–Kier alpha value is -4.76. The number of non-ortho nitro benzene ring substituents is 1. The maximum Gasteiger partial charge on any atom is 0.270 e. The molecule has 0 radical (unpaired) electrons. The number of hydrogen-bond donors (Lipinski definition) is 3. The predicted molar refractivity (Wildman–Crippen MR) is 161 cm³/mol. The molecule has 208 valence electrons. The van der Waals surface area contributed by atoms with Gasteiger partial charge in [0.2, 0.25) is 0 Å². The van der Waals surface area contributed by atoms with E-state index in [2.05, 4.69) is 38.9 Å². The lowest BCUT2D eigenvalue weighted by Gasteiger charge is -2.26. The highest BCUT2D eigenvalue weighted by atomic mass is 16.6. The summed E-state index contributed by atoms with van der Waals surface area (Å²) in [6.45, 7) is 5.18. The summed E-state index contributed by atoms with van der Waals surface area (Å²) >= 11 is 0. The van der Waals surface area contributed by atoms with Gasteiger partial charge in [0.05, 0.1) is 33.8 Å². The molecule has 1 aliphatic heterocycles. The SMILES string of the molecule is CCc1ncc(-c2ccc(N=C(c3ccc(CN4CCCCC4)cc3)c3c(O)[nH]c4ccc([N+](=O)[O-])cc34)cc2)[nH]1. The number of imidazole rings is 1. The fraction of sp³-hybridized carbons (Fsp3) is 0.250. The van der Waals surface area contributed by atoms with Crippen molar-refractivity contribution in [2.24, 2.45) is 4.99 Å². The van der Waals surface area contributed by atoms with Gasteiger partial charge in [-0.25, -0.2) is 9.98 Å². The number of aromatic hydroxyl groups is 1. The maximum atomic E-state index is 11.6. The van der Waals surface area contributed by atoms with Crippen LogP contribution in [0.2, 0.25) is 0 Å². The van der Waals surface area contributed by atoms with Crippen molar-refractivity contribution in [2.45, 2.75) is 39.2 Å². The number of H-pyrrole nitrogens is 2. The number of benzene rings is 3. The molecule has 3 heterocycles. The predicted octanol–water partition coefficient (Wildman–Crippen LogP) is 6.89. The van der Waals surface area contributed by atoms with Crippen LogP contribution in [-0.4, -0.2) is 48.7 Å². The number of piperidine rings is 1. The molecule has 0 amide bonds. The van der Waals surface area contributed by atoms with Crippen LogP contribution in [0.5, 0.6) is 5.88 Å². The topological polar surface area (TPSA) is 123 Å². The minimum atomic E-state index is -0.433. The van der Waals surface area contributed by atoms with Gasteiger partial charge in [-0.05, 0) is 55.3 Å². The summed E-state index contributed by atoms with van der Waals surface area (Å²) in [4.78, 5) is 29.3. The number of aromatic nitrogens is 3. The Morgan fingerprint density at radius 3 is 2.46 bits per heavy atom. The van der Waals surface area contributed by atoms with Crippen LogP contribution in [0.3, 0.4) is 0 Å². The van der Waals surface area contributed by atoms with Gasteiger partial charge in [-0.1, -0.05) is 49.7 Å². The highest BCUT2D eigenvalue weighted by molar-refractivity contribution is 6.22. The van der Waals surface area contributed by atoms with Crippen molar-refractivity contribution in [3.63, 3.8) is 0 Å². The van der Waals surface area contributed by atoms with Gasteiger partial charge < -0.3 is 15.1 Å². The number of likely N-dealkylation sites (tertiary alicyclic amines) is 1. The molecule has 0 saturated carbocycles. The van der Waals surface area contributed by atoms with E-state index in [0.717, 1.165) is 48.7 Å². The zero-order valence-electron chi connectivity index (χ0n) is 22.9. The second-order valence-electron chi connectivity index (χ2n) is 10.5. The Kier molecular flexibility index (Phi) is 7.35. The first-order valence-corrected chi connectivity index (χ1v) is 14.0. The summed E-state index contributed by atoms with van der Waals surface area (Å²) in [6, 6.07) is 20.5. The standard InChI is InChI=1S/C32H32N6O3/c1-2-29-33-19-28(35-29)22-10-12-24(13-11-22)34-31(23-8-6-21(7-9-23)20-37-16-4-3-5-17-37)30-26-18-25(38(40)41)14-15-27(26)36-32(30)39/h6-15,18-19,36,39H,2-5,16-17,20H2,1H3,(H,33,35). The Labute approximate surface area is 237 Å². The summed E-state index contributed by atoms with van der Waals surface area (Å²) in [6.07, 6.45) is 6.42. The molecule has 6 rings (SSSR count). The van der Waals surface area contributed by atoms with Crippen molar-refractivity contribution in [3.8, 4) is 17.1 Å². The number of nitro groups is 1. The quantitative estimate of drug-likeness (QED) is 0.111. The van der Waals surface area contributed by atoms with E-state index < -0.39 is 4.92 Å². The van der Waals surface area contributed by atoms with Crippen molar-refractivity contribution in [3.05, 3.63) is 106 Å². The zero-order valence-corrected chi connectivity index (χ0v) is 22.9. The van der Waals surface area contributed by atoms with E-state index in [1.165, 1.54) is 37.0 Å². The molecule has 1 aliphatic rings. The molecule has 0 unspecified atom stereocenters. The van der Waals surface area contributed by atoms with Crippen molar-refractivity contribution >= 4 is 28.0 Å². The Balaban J connectivity index is 1.41. The molecule has 0 aliphatic carbocycles. The minimum absolute atomic E-state index is 0.0515. The molecule has 9 heteroatoms. The molecule has 0 atom stereocenters. The number of nitrogens with one attached hydrogen (secondary N) is 2. The Morgan fingerprint density at radius 2 is 1.78 bits per heavy atom. The molecule has 3 aromatic carbocycles. The third kappa shape index (κ3) is 5.62. The summed E-state index contributed by atoms with van der Waals surface area (Å²) < 4.78 is 0. The van der Waals surface area contributed by atoms with Crippen LogP contribution in [0.4, 0.5) is 11.4 Å². The molecular weight excluding hydrogens is 516 g/mol. The van der Waals surface area contributed by atoms with Crippen LogP contribution in [0.15, 0.2) is 77.9 Å². The number of aryl methyl sites for hydroxylation is 1. The third-order valence-corrected chi connectivity index (χ3v) is 7.67. The van der Waals surface area contributed by atoms with Gasteiger partial charge in [0.25, 0.3) is 5.69 Å². The first kappa shape index (κ1) is 26.5. The van der Waals surface area contributed by atoms with E-state index in [4.69, 9.17) is 4.99 Å². The van der Waals surface area contributed by atoms with Crippen LogP contribution in [0.1, 0.15) is 48.7 Å². The highest BCUT2D eigenvalue weighted by Gasteiger charge is 2.21. The van der Waals surface area contributed by atoms with Crippen molar-refractivity contribution in [1.29, 1.82) is 0 Å². The molecule has 9 nitrogen and oxygen atoms in total. The second-order valence-corrected chi connectivity index (χ2v) is 10.5. The van der Waals surface area contributed by atoms with E-state index >= 15 is 0 Å². The number of fused-ring (bicyclic) bond motifs is 1. The van der Waals surface area contributed by atoms with E-state index in [1.54, 1.807) is 6.07 Å². The number of hydrogen-bond acceptors (Lipinski definition) is 6. The Bertz CT molecular complexity index is 1710. The van der Waals surface area contributed by atoms with E-state index in [9.17, 15) is 15.2 Å². The highest BCUT2D eigenvalue weighted by Crippen LogP contribution is 2.34. The molecule has 1 fully saturated rings. The average Bonchev–Trinajstić information content (AvgIpc) is 3.61. The van der Waals surface area contributed by atoms with E-state index in [0.29, 0.717) is 27.9 Å². The van der Waals surface area contributed by atoms with Gasteiger partial charge in [0.1, 0.15) is 5.82 Å². The normalized spacial score (nSPS) is 14.5. The number of nitro benzene ring substituents is 1. The van der Waals surface area contributed by atoms with Crippen LogP contribution in [-0.2, 0) is 13.0 Å². The molecule has 0 bridgehead atoms. The number of aliphatic imine (C=N–C) groups is 1. The summed E-state index contributed by atoms with van der Waals surface area (Å²) in [7, 11) is 0. The lowest BCUT2D eigenvalue weighted by Crippen LogP contribution is -2.29. The Morgan fingerprint density at radius 1 is 1.02 bits per heavy atom. The monoisotopic (exact) mass is 548 g/mol. The summed E-state index contributed by atoms with van der Waals surface area (Å²) in [5.41, 5.74) is 6.14. The molecule has 0 spiro atoms. The number of aromatic amines is 2. The summed E-state index contributed by atoms with van der Waals surface area (Å²) in [5.74, 6) is 0.842. The first-order chi connectivity index (χ1) is 20.0. The average molecular weight is 549 g/mol. The maximum absolute atomic E-state index is 11.6. The minimum Gasteiger partial charge on any atom is -0.494 e. The fourth-order valence-corrected chi connectivity index (χ4v) is 5.46. The van der Waals surface area contributed by atoms with E-state index in [1.807, 2.05) is 42.6 Å². The largest absolute Gasteiger partial charge is 0.494 e. The third-order valence-electron chi connectivity index (χ3n) is 7.67. The lowest BCUT2D eigenvalue weighted by molar-refractivity contribution is -0.384. The van der Waals surface area contributed by atoms with Gasteiger partial charge in [-0.15, -0.1) is 0 Å². The van der Waals surface area contributed by atoms with Crippen LogP contribution < -0.4 is 0 Å². The second kappa shape index (κ2) is 11.4. The molecular formula is C32H32N6O3. The fourth-order valence-electron chi connectivity index (χ4n) is 5.46. The number of nitrogens with zero attached hydrogens (tertiary/aromatic N) is 4. The molecule has 5 aromatic rings. The van der Waals surface area contributed by atoms with Crippen LogP contribution >= 0.6 is 0 Å². The smallest absolute Gasteiger partial charge is 0.270 e. The number of rotatable bonds is 8. The van der Waals surface area contributed by atoms with Crippen LogP contribution in [0, 0.1) is 10.1 Å². The molecule has 2 aromatic heterocycles. The lowest BCUT2D eigenvalue weighted by atomic mass is 9.99.